The smallest absolute Gasteiger partial charge is 0.119 e. The maximum atomic E-state index is 10.2. The van der Waals surface area contributed by atoms with Gasteiger partial charge >= 0.3 is 0 Å². The Morgan fingerprint density at radius 3 is 2.53 bits per heavy atom. The van der Waals surface area contributed by atoms with Crippen molar-refractivity contribution < 1.29 is 14.9 Å². The molecule has 0 aliphatic carbocycles. The molecule has 2 aromatic carbocycles. The Hall–Kier alpha value is -2.00. The van der Waals surface area contributed by atoms with Crippen LogP contribution in [-0.2, 0) is 6.42 Å². The van der Waals surface area contributed by atoms with Crippen molar-refractivity contribution in [2.75, 3.05) is 6.61 Å². The molecule has 0 aliphatic heterocycles. The minimum Gasteiger partial charge on any atom is -0.508 e. The summed E-state index contributed by atoms with van der Waals surface area (Å²) in [7, 11) is 0. The van der Waals surface area contributed by atoms with Crippen LogP contribution in [0.5, 0.6) is 11.5 Å². The maximum absolute atomic E-state index is 10.2. The van der Waals surface area contributed by atoms with Crippen LogP contribution in [0.2, 0.25) is 0 Å². The first-order valence-electron chi connectivity index (χ1n) is 6.37. The van der Waals surface area contributed by atoms with Crippen LogP contribution in [0.3, 0.4) is 0 Å². The molecule has 0 aromatic heterocycles. The van der Waals surface area contributed by atoms with Crippen LogP contribution in [0.25, 0.3) is 0 Å². The normalized spacial score (nSPS) is 12.1. The minimum atomic E-state index is -0.579. The third kappa shape index (κ3) is 3.73. The van der Waals surface area contributed by atoms with Gasteiger partial charge in [-0.1, -0.05) is 24.3 Å². The molecule has 19 heavy (non-hydrogen) atoms. The molecule has 3 nitrogen and oxygen atoms in total. The lowest BCUT2D eigenvalue weighted by molar-refractivity contribution is 0.178. The highest BCUT2D eigenvalue weighted by Crippen LogP contribution is 2.23. The summed E-state index contributed by atoms with van der Waals surface area (Å²) in [5, 5.41) is 19.4. The van der Waals surface area contributed by atoms with Gasteiger partial charge < -0.3 is 14.9 Å². The molecular formula is C16H18O3. The highest BCUT2D eigenvalue weighted by molar-refractivity contribution is 5.32. The van der Waals surface area contributed by atoms with E-state index in [0.717, 1.165) is 16.9 Å². The van der Waals surface area contributed by atoms with E-state index in [1.54, 1.807) is 12.1 Å². The standard InChI is InChI=1S/C16H18O3/c1-2-19-15-5-3-4-13(11-15)16(18)10-12-6-8-14(17)9-7-12/h3-9,11,16-18H,2,10H2,1H3. The van der Waals surface area contributed by atoms with Crippen LogP contribution in [0, 0.1) is 0 Å². The molecule has 3 heteroatoms. The van der Waals surface area contributed by atoms with Crippen molar-refractivity contribution in [3.8, 4) is 11.5 Å². The van der Waals surface area contributed by atoms with Crippen molar-refractivity contribution in [2.24, 2.45) is 0 Å². The average Bonchev–Trinajstić information content (AvgIpc) is 2.42. The van der Waals surface area contributed by atoms with Gasteiger partial charge in [0, 0.05) is 6.42 Å². The van der Waals surface area contributed by atoms with E-state index in [4.69, 9.17) is 4.74 Å². The maximum Gasteiger partial charge on any atom is 0.119 e. The third-order valence-corrected chi connectivity index (χ3v) is 2.92. The molecule has 1 atom stereocenters. The summed E-state index contributed by atoms with van der Waals surface area (Å²) in [4.78, 5) is 0. The first-order chi connectivity index (χ1) is 9.19. The fraction of sp³-hybridized carbons (Fsp3) is 0.250. The molecule has 0 radical (unpaired) electrons. The first kappa shape index (κ1) is 13.4. The summed E-state index contributed by atoms with van der Waals surface area (Å²) in [6.07, 6.45) is -0.0690. The van der Waals surface area contributed by atoms with Gasteiger partial charge in [-0.05, 0) is 42.3 Å². The van der Waals surface area contributed by atoms with Crippen molar-refractivity contribution >= 4 is 0 Å². The van der Waals surface area contributed by atoms with E-state index < -0.39 is 6.10 Å². The zero-order chi connectivity index (χ0) is 13.7. The van der Waals surface area contributed by atoms with E-state index in [2.05, 4.69) is 0 Å². The summed E-state index contributed by atoms with van der Waals surface area (Å²) in [6.45, 7) is 2.54. The molecule has 2 aromatic rings. The molecule has 1 unspecified atom stereocenters. The van der Waals surface area contributed by atoms with Crippen LogP contribution in [0.4, 0.5) is 0 Å². The van der Waals surface area contributed by atoms with Gasteiger partial charge in [-0.2, -0.15) is 0 Å². The van der Waals surface area contributed by atoms with Crippen LogP contribution in [0.1, 0.15) is 24.2 Å². The number of aliphatic hydroxyl groups excluding tert-OH is 1. The quantitative estimate of drug-likeness (QED) is 0.866. The lowest BCUT2D eigenvalue weighted by Crippen LogP contribution is -2.02. The number of hydrogen-bond acceptors (Lipinski definition) is 3. The number of aliphatic hydroxyl groups is 1. The summed E-state index contributed by atoms with van der Waals surface area (Å²) >= 11 is 0. The van der Waals surface area contributed by atoms with Crippen LogP contribution in [0.15, 0.2) is 48.5 Å². The van der Waals surface area contributed by atoms with Crippen LogP contribution >= 0.6 is 0 Å². The monoisotopic (exact) mass is 258 g/mol. The van der Waals surface area contributed by atoms with Gasteiger partial charge in [-0.15, -0.1) is 0 Å². The lowest BCUT2D eigenvalue weighted by atomic mass is 10.0. The molecule has 0 fully saturated rings. The van der Waals surface area contributed by atoms with E-state index in [-0.39, 0.29) is 5.75 Å². The van der Waals surface area contributed by atoms with Crippen LogP contribution < -0.4 is 4.74 Å². The van der Waals surface area contributed by atoms with Crippen molar-refractivity contribution in [3.05, 3.63) is 59.7 Å². The molecule has 2 rings (SSSR count). The second-order valence-electron chi connectivity index (χ2n) is 4.39. The Labute approximate surface area is 113 Å². The SMILES string of the molecule is CCOc1cccc(C(O)Cc2ccc(O)cc2)c1. The summed E-state index contributed by atoms with van der Waals surface area (Å²) in [5.74, 6) is 1.00. The van der Waals surface area contributed by atoms with Gasteiger partial charge in [-0.3, -0.25) is 0 Å². The van der Waals surface area contributed by atoms with Gasteiger partial charge in [0.1, 0.15) is 11.5 Å². The Balaban J connectivity index is 2.08. The highest BCUT2D eigenvalue weighted by Gasteiger charge is 2.09. The fourth-order valence-electron chi connectivity index (χ4n) is 1.95. The summed E-state index contributed by atoms with van der Waals surface area (Å²) in [6, 6.07) is 14.4. The average molecular weight is 258 g/mol. The second-order valence-corrected chi connectivity index (χ2v) is 4.39. The van der Waals surface area contributed by atoms with Gasteiger partial charge in [0.05, 0.1) is 12.7 Å². The molecule has 0 heterocycles. The Bertz CT molecular complexity index is 520. The third-order valence-electron chi connectivity index (χ3n) is 2.92. The molecule has 0 saturated heterocycles. The first-order valence-corrected chi connectivity index (χ1v) is 6.37. The van der Waals surface area contributed by atoms with Crippen molar-refractivity contribution in [1.29, 1.82) is 0 Å². The number of ether oxygens (including phenoxy) is 1. The van der Waals surface area contributed by atoms with Gasteiger partial charge in [0.2, 0.25) is 0 Å². The Morgan fingerprint density at radius 1 is 1.11 bits per heavy atom. The molecule has 0 saturated carbocycles. The molecule has 0 aliphatic rings. The molecule has 0 spiro atoms. The molecule has 2 N–H and O–H groups in total. The van der Waals surface area contributed by atoms with Gasteiger partial charge in [-0.25, -0.2) is 0 Å². The zero-order valence-corrected chi connectivity index (χ0v) is 10.9. The Kier molecular flexibility index (Phi) is 4.42. The topological polar surface area (TPSA) is 49.7 Å². The summed E-state index contributed by atoms with van der Waals surface area (Å²) < 4.78 is 5.42. The molecule has 0 amide bonds. The Morgan fingerprint density at radius 2 is 1.84 bits per heavy atom. The highest BCUT2D eigenvalue weighted by atomic mass is 16.5. The number of aromatic hydroxyl groups is 1. The van der Waals surface area contributed by atoms with E-state index in [1.807, 2.05) is 43.3 Å². The minimum absolute atomic E-state index is 0.233. The largest absolute Gasteiger partial charge is 0.508 e. The van der Waals surface area contributed by atoms with E-state index >= 15 is 0 Å². The van der Waals surface area contributed by atoms with Crippen molar-refractivity contribution in [1.82, 2.24) is 0 Å². The number of rotatable bonds is 5. The molecular weight excluding hydrogens is 240 g/mol. The van der Waals surface area contributed by atoms with Crippen LogP contribution in [-0.4, -0.2) is 16.8 Å². The molecule has 100 valence electrons. The summed E-state index contributed by atoms with van der Waals surface area (Å²) in [5.41, 5.74) is 1.81. The molecule has 0 bridgehead atoms. The second kappa shape index (κ2) is 6.25. The predicted molar refractivity (Wildman–Crippen MR) is 74.4 cm³/mol. The van der Waals surface area contributed by atoms with Crippen molar-refractivity contribution in [2.45, 2.75) is 19.4 Å². The van der Waals surface area contributed by atoms with E-state index in [9.17, 15) is 10.2 Å². The zero-order valence-electron chi connectivity index (χ0n) is 10.9. The van der Waals surface area contributed by atoms with Crippen molar-refractivity contribution in [3.63, 3.8) is 0 Å². The number of hydrogen-bond donors (Lipinski definition) is 2. The van der Waals surface area contributed by atoms with Gasteiger partial charge in [0.15, 0.2) is 0 Å². The number of phenols is 1. The van der Waals surface area contributed by atoms with Gasteiger partial charge in [0.25, 0.3) is 0 Å². The predicted octanol–water partition coefficient (Wildman–Crippen LogP) is 3.07. The van der Waals surface area contributed by atoms with E-state index in [0.29, 0.717) is 13.0 Å². The van der Waals surface area contributed by atoms with E-state index in [1.165, 1.54) is 0 Å². The fourth-order valence-corrected chi connectivity index (χ4v) is 1.95. The number of benzene rings is 2. The lowest BCUT2D eigenvalue weighted by Gasteiger charge is -2.12. The number of phenolic OH excluding ortho intramolecular Hbond substituents is 1.